The van der Waals surface area contributed by atoms with Gasteiger partial charge in [0.1, 0.15) is 11.9 Å². The van der Waals surface area contributed by atoms with Gasteiger partial charge >= 0.3 is 0 Å². The molecule has 3 heterocycles. The van der Waals surface area contributed by atoms with Crippen LogP contribution in [0.4, 0.5) is 0 Å². The molecule has 2 amide bonds. The molecule has 2 aromatic carbocycles. The number of carbonyl (C=O) groups excluding carboxylic acids is 2. The van der Waals surface area contributed by atoms with E-state index < -0.39 is 0 Å². The van der Waals surface area contributed by atoms with E-state index in [4.69, 9.17) is 9.47 Å². The van der Waals surface area contributed by atoms with E-state index in [1.54, 1.807) is 0 Å². The molecule has 8 heteroatoms. The van der Waals surface area contributed by atoms with Gasteiger partial charge in [0, 0.05) is 36.7 Å². The first-order valence-electron chi connectivity index (χ1n) is 12.8. The Morgan fingerprint density at radius 1 is 1.14 bits per heavy atom. The SMILES string of the molecule is Cc1ccc(OC2CNC2)cc1C(=O)N[C@H](C)c1cccc(-c2ccc(C(=O)NCC3CCCO3)s2)c1. The Morgan fingerprint density at radius 3 is 2.76 bits per heavy atom. The number of benzene rings is 2. The van der Waals surface area contributed by atoms with Crippen LogP contribution < -0.4 is 20.7 Å². The van der Waals surface area contributed by atoms with Crippen LogP contribution in [0.5, 0.6) is 5.75 Å². The van der Waals surface area contributed by atoms with Gasteiger partial charge in [0.15, 0.2) is 0 Å². The van der Waals surface area contributed by atoms with E-state index in [1.807, 2.05) is 62.4 Å². The molecule has 0 saturated carbocycles. The Hall–Kier alpha value is -3.20. The molecule has 2 saturated heterocycles. The summed E-state index contributed by atoms with van der Waals surface area (Å²) in [6.45, 7) is 6.89. The molecule has 2 aliphatic heterocycles. The largest absolute Gasteiger partial charge is 0.488 e. The van der Waals surface area contributed by atoms with Gasteiger partial charge in [-0.25, -0.2) is 0 Å². The van der Waals surface area contributed by atoms with Gasteiger partial charge in [-0.2, -0.15) is 0 Å². The van der Waals surface area contributed by atoms with Crippen LogP contribution in [0.25, 0.3) is 10.4 Å². The van der Waals surface area contributed by atoms with Crippen LogP contribution in [0, 0.1) is 6.92 Å². The maximum absolute atomic E-state index is 13.1. The lowest BCUT2D eigenvalue weighted by Gasteiger charge is -2.28. The monoisotopic (exact) mass is 519 g/mol. The standard InChI is InChI=1S/C29H33N3O4S/c1-18-8-9-22(36-24-15-30-16-24)14-25(18)28(33)32-19(2)20-5-3-6-21(13-20)26-10-11-27(37-26)29(34)31-17-23-7-4-12-35-23/h3,5-6,8-11,13-14,19,23-24,30H,4,7,12,15-17H2,1-2H3,(H,31,34)(H,32,33)/t19-,23?/m1/s1. The Kier molecular flexibility index (Phi) is 7.88. The highest BCUT2D eigenvalue weighted by atomic mass is 32.1. The molecule has 0 aliphatic carbocycles. The maximum atomic E-state index is 13.1. The number of amides is 2. The number of nitrogens with one attached hydrogen (secondary N) is 3. The van der Waals surface area contributed by atoms with Crippen LogP contribution in [0.1, 0.15) is 57.0 Å². The maximum Gasteiger partial charge on any atom is 0.261 e. The number of hydrogen-bond donors (Lipinski definition) is 3. The summed E-state index contributed by atoms with van der Waals surface area (Å²) in [6.07, 6.45) is 2.33. The number of hydrogen-bond acceptors (Lipinski definition) is 6. The van der Waals surface area contributed by atoms with Crippen LogP contribution in [0.15, 0.2) is 54.6 Å². The van der Waals surface area contributed by atoms with Gasteiger partial charge in [0.05, 0.1) is 17.0 Å². The van der Waals surface area contributed by atoms with Crippen molar-refractivity contribution in [1.29, 1.82) is 0 Å². The summed E-state index contributed by atoms with van der Waals surface area (Å²) in [6, 6.07) is 17.4. The van der Waals surface area contributed by atoms with Gasteiger partial charge in [-0.15, -0.1) is 11.3 Å². The smallest absolute Gasteiger partial charge is 0.261 e. The van der Waals surface area contributed by atoms with E-state index in [0.717, 1.165) is 54.1 Å². The van der Waals surface area contributed by atoms with E-state index in [9.17, 15) is 9.59 Å². The molecule has 0 radical (unpaired) electrons. The summed E-state index contributed by atoms with van der Waals surface area (Å²) >= 11 is 1.46. The molecule has 1 unspecified atom stereocenters. The molecule has 3 N–H and O–H groups in total. The average Bonchev–Trinajstić information content (AvgIpc) is 3.58. The molecule has 2 atom stereocenters. The molecule has 0 bridgehead atoms. The first kappa shape index (κ1) is 25.4. The molecule has 1 aromatic heterocycles. The lowest BCUT2D eigenvalue weighted by molar-refractivity contribution is 0.0860. The van der Waals surface area contributed by atoms with Crippen LogP contribution in [0.3, 0.4) is 0 Å². The fourth-order valence-corrected chi connectivity index (χ4v) is 5.41. The van der Waals surface area contributed by atoms with Gasteiger partial charge in [0.2, 0.25) is 0 Å². The van der Waals surface area contributed by atoms with E-state index in [2.05, 4.69) is 22.0 Å². The Labute approximate surface area is 221 Å². The van der Waals surface area contributed by atoms with Crippen molar-refractivity contribution in [2.24, 2.45) is 0 Å². The quantitative estimate of drug-likeness (QED) is 0.388. The van der Waals surface area contributed by atoms with Crippen molar-refractivity contribution in [2.45, 2.75) is 44.9 Å². The highest BCUT2D eigenvalue weighted by Crippen LogP contribution is 2.30. The number of carbonyl (C=O) groups is 2. The predicted molar refractivity (Wildman–Crippen MR) is 145 cm³/mol. The van der Waals surface area contributed by atoms with Crippen LogP contribution in [-0.2, 0) is 4.74 Å². The van der Waals surface area contributed by atoms with Crippen molar-refractivity contribution < 1.29 is 19.1 Å². The minimum Gasteiger partial charge on any atom is -0.488 e. The third kappa shape index (κ3) is 6.21. The normalized spacial score (nSPS) is 18.2. The first-order chi connectivity index (χ1) is 18.0. The van der Waals surface area contributed by atoms with Crippen LogP contribution >= 0.6 is 11.3 Å². The van der Waals surface area contributed by atoms with Crippen molar-refractivity contribution in [2.75, 3.05) is 26.2 Å². The summed E-state index contributed by atoms with van der Waals surface area (Å²) in [5.41, 5.74) is 3.53. The molecule has 3 aromatic rings. The lowest BCUT2D eigenvalue weighted by atomic mass is 10.0. The van der Waals surface area contributed by atoms with Crippen molar-refractivity contribution in [3.63, 3.8) is 0 Å². The molecule has 2 fully saturated rings. The number of aryl methyl sites for hydroxylation is 1. The molecular weight excluding hydrogens is 486 g/mol. The second kappa shape index (κ2) is 11.5. The average molecular weight is 520 g/mol. The highest BCUT2D eigenvalue weighted by molar-refractivity contribution is 7.17. The molecule has 194 valence electrons. The van der Waals surface area contributed by atoms with Crippen LogP contribution in [-0.4, -0.2) is 50.3 Å². The highest BCUT2D eigenvalue weighted by Gasteiger charge is 2.21. The predicted octanol–water partition coefficient (Wildman–Crippen LogP) is 4.47. The minimum atomic E-state index is -0.193. The van der Waals surface area contributed by atoms with Crippen molar-refractivity contribution in [3.8, 4) is 16.2 Å². The van der Waals surface area contributed by atoms with Crippen molar-refractivity contribution >= 4 is 23.2 Å². The first-order valence-corrected chi connectivity index (χ1v) is 13.7. The van der Waals surface area contributed by atoms with Gasteiger partial charge < -0.3 is 25.4 Å². The Balaban J connectivity index is 1.23. The summed E-state index contributed by atoms with van der Waals surface area (Å²) in [5, 5.41) is 9.30. The van der Waals surface area contributed by atoms with Crippen LogP contribution in [0.2, 0.25) is 0 Å². The van der Waals surface area contributed by atoms with Gasteiger partial charge in [-0.1, -0.05) is 24.3 Å². The van der Waals surface area contributed by atoms with Gasteiger partial charge in [-0.05, 0) is 73.7 Å². The topological polar surface area (TPSA) is 88.7 Å². The number of ether oxygens (including phenoxy) is 2. The fourth-order valence-electron chi connectivity index (χ4n) is 4.49. The third-order valence-corrected chi connectivity index (χ3v) is 8.00. The Morgan fingerprint density at radius 2 is 2.00 bits per heavy atom. The zero-order valence-corrected chi connectivity index (χ0v) is 22.0. The molecule has 7 nitrogen and oxygen atoms in total. The number of rotatable bonds is 9. The molecule has 0 spiro atoms. The van der Waals surface area contributed by atoms with E-state index >= 15 is 0 Å². The van der Waals surface area contributed by atoms with Gasteiger partial charge in [-0.3, -0.25) is 9.59 Å². The van der Waals surface area contributed by atoms with Crippen molar-refractivity contribution in [1.82, 2.24) is 16.0 Å². The van der Waals surface area contributed by atoms with E-state index in [0.29, 0.717) is 22.7 Å². The zero-order valence-electron chi connectivity index (χ0n) is 21.2. The summed E-state index contributed by atoms with van der Waals surface area (Å²) in [7, 11) is 0. The third-order valence-electron chi connectivity index (χ3n) is 6.86. The molecule has 37 heavy (non-hydrogen) atoms. The van der Waals surface area contributed by atoms with E-state index in [1.165, 1.54) is 11.3 Å². The second-order valence-electron chi connectivity index (χ2n) is 9.70. The zero-order chi connectivity index (χ0) is 25.8. The number of thiophene rings is 1. The summed E-state index contributed by atoms with van der Waals surface area (Å²) in [5.74, 6) is 0.512. The van der Waals surface area contributed by atoms with E-state index in [-0.39, 0.29) is 30.1 Å². The van der Waals surface area contributed by atoms with Gasteiger partial charge in [0.25, 0.3) is 11.8 Å². The molecule has 2 aliphatic rings. The Bertz CT molecular complexity index is 1260. The second-order valence-corrected chi connectivity index (χ2v) is 10.8. The summed E-state index contributed by atoms with van der Waals surface area (Å²) in [4.78, 5) is 27.4. The minimum absolute atomic E-state index is 0.0707. The lowest BCUT2D eigenvalue weighted by Crippen LogP contribution is -2.50. The van der Waals surface area contributed by atoms with Crippen molar-refractivity contribution in [3.05, 3.63) is 76.2 Å². The summed E-state index contributed by atoms with van der Waals surface area (Å²) < 4.78 is 11.5. The molecule has 5 rings (SSSR count). The fraction of sp³-hybridized carbons (Fsp3) is 0.379. The molecular formula is C29H33N3O4S.